The van der Waals surface area contributed by atoms with Gasteiger partial charge in [0.2, 0.25) is 9.70 Å². The van der Waals surface area contributed by atoms with E-state index in [2.05, 4.69) is 22.7 Å². The largest absolute Gasteiger partial charge is 0.460 e. The average Bonchev–Trinajstić information content (AvgIpc) is 2.97. The minimum absolute atomic E-state index is 0.0394. The molecule has 14 heteroatoms. The number of rotatable bonds is 9. The molecule has 1 fully saturated rings. The van der Waals surface area contributed by atoms with Gasteiger partial charge in [-0.05, 0) is 59.1 Å². The molecular formula is C29H58Cl3N5O5S. The van der Waals surface area contributed by atoms with Crippen molar-refractivity contribution in [2.45, 2.75) is 117 Å². The molecule has 43 heavy (non-hydrogen) atoms. The number of hydrogen-bond donors (Lipinski definition) is 3. The Hall–Kier alpha value is -1.08. The van der Waals surface area contributed by atoms with E-state index in [0.29, 0.717) is 19.4 Å². The molecule has 1 aliphatic rings. The van der Waals surface area contributed by atoms with Gasteiger partial charge in [-0.2, -0.15) is 0 Å². The van der Waals surface area contributed by atoms with Gasteiger partial charge in [-0.3, -0.25) is 29.5 Å². The molecule has 1 saturated heterocycles. The second kappa shape index (κ2) is 29.6. The van der Waals surface area contributed by atoms with Gasteiger partial charge in [0.1, 0.15) is 24.8 Å². The monoisotopic (exact) mass is 693 g/mol. The molecule has 1 rings (SSSR count). The number of nitrogens with one attached hydrogen (secondary N) is 2. The number of methoxy groups -OCH3 is 1. The lowest BCUT2D eigenvalue weighted by atomic mass is 10.1. The minimum atomic E-state index is -1.70. The maximum atomic E-state index is 12.6. The summed E-state index contributed by atoms with van der Waals surface area (Å²) in [7, 11) is 1.44. The third-order valence-corrected chi connectivity index (χ3v) is 5.59. The van der Waals surface area contributed by atoms with Crippen LogP contribution in [0, 0.1) is 5.92 Å². The summed E-state index contributed by atoms with van der Waals surface area (Å²) in [6.45, 7) is 21.4. The van der Waals surface area contributed by atoms with E-state index < -0.39 is 27.9 Å². The number of nitrogens with zero attached hydrogens (tertiary/aromatic N) is 2. The molecule has 0 spiro atoms. The first-order chi connectivity index (χ1) is 20.1. The number of hydrogen-bond acceptors (Lipinski definition) is 9. The molecule has 0 aliphatic carbocycles. The van der Waals surface area contributed by atoms with Gasteiger partial charge in [0.25, 0.3) is 5.91 Å². The van der Waals surface area contributed by atoms with Crippen LogP contribution in [-0.4, -0.2) is 77.0 Å². The van der Waals surface area contributed by atoms with Crippen molar-refractivity contribution in [3.63, 3.8) is 0 Å². The lowest BCUT2D eigenvalue weighted by Gasteiger charge is -2.34. The van der Waals surface area contributed by atoms with Crippen LogP contribution in [0.15, 0.2) is 16.8 Å². The van der Waals surface area contributed by atoms with Crippen molar-refractivity contribution in [3.05, 3.63) is 11.8 Å². The van der Waals surface area contributed by atoms with Crippen molar-refractivity contribution >= 4 is 70.2 Å². The molecule has 0 aromatic heterocycles. The summed E-state index contributed by atoms with van der Waals surface area (Å²) in [6, 6.07) is -1.53. The number of alkyl halides is 3. The van der Waals surface area contributed by atoms with Gasteiger partial charge >= 0.3 is 5.97 Å². The number of carbonyl (C=O) groups is 3. The van der Waals surface area contributed by atoms with Gasteiger partial charge < -0.3 is 14.8 Å². The SMILES string of the molecule is C/C=C(\C)N=C(C)CC.CC.CC.COC(C(=O)NC(C)C(=O)N1CCCC(C(=O)OCC(Cl)(Cl)Cl)N1)C(C)C.CSN. The van der Waals surface area contributed by atoms with E-state index in [1.54, 1.807) is 6.92 Å². The number of carbonyl (C=O) groups excluding carboxylic acids is 3. The van der Waals surface area contributed by atoms with E-state index in [1.165, 1.54) is 29.8 Å². The molecule has 0 aromatic rings. The molecule has 0 radical (unpaired) electrons. The molecule has 10 nitrogen and oxygen atoms in total. The number of ether oxygens (including phenoxy) is 2. The molecule has 2 amide bonds. The van der Waals surface area contributed by atoms with E-state index in [1.807, 2.05) is 74.6 Å². The van der Waals surface area contributed by atoms with Crippen LogP contribution in [0.2, 0.25) is 0 Å². The van der Waals surface area contributed by atoms with Crippen molar-refractivity contribution < 1.29 is 23.9 Å². The number of amides is 2. The second-order valence-electron chi connectivity index (χ2n) is 9.03. The van der Waals surface area contributed by atoms with Gasteiger partial charge in [0.15, 0.2) is 0 Å². The molecule has 0 bridgehead atoms. The Labute approximate surface area is 280 Å². The highest BCUT2D eigenvalue weighted by molar-refractivity contribution is 7.96. The van der Waals surface area contributed by atoms with E-state index >= 15 is 0 Å². The standard InChI is InChI=1S/C16H26Cl3N3O5.C8H15N.2C2H6.CH5NS/c1-9(2)12(26-4)13(23)20-10(3)14(24)22-7-5-6-11(21-22)15(25)27-8-16(17,18)19;1-5-7(3)9-8(4)6-2;2*1-2;1-3-2/h9-12,21H,5-8H2,1-4H3,(H,20,23);5H,6H2,1-4H3;2*1-2H3;2H2,1H3/b;7-5+,9-8?;;;. The highest BCUT2D eigenvalue weighted by Crippen LogP contribution is 2.26. The van der Waals surface area contributed by atoms with Crippen LogP contribution in [0.5, 0.6) is 0 Å². The van der Waals surface area contributed by atoms with Crippen LogP contribution in [0.1, 0.15) is 95.4 Å². The number of aliphatic imine (C=N–C) groups is 1. The Morgan fingerprint density at radius 2 is 1.67 bits per heavy atom. The first-order valence-electron chi connectivity index (χ1n) is 14.6. The molecule has 3 unspecified atom stereocenters. The van der Waals surface area contributed by atoms with Gasteiger partial charge in [0, 0.05) is 25.1 Å². The summed E-state index contributed by atoms with van der Waals surface area (Å²) in [4.78, 5) is 41.2. The van der Waals surface area contributed by atoms with Crippen molar-refractivity contribution in [2.75, 3.05) is 26.5 Å². The molecule has 3 atom stereocenters. The molecule has 1 heterocycles. The van der Waals surface area contributed by atoms with Crippen LogP contribution in [0.4, 0.5) is 0 Å². The number of halogens is 3. The number of allylic oxidation sites excluding steroid dienone is 2. The first-order valence-corrected chi connectivity index (χ1v) is 17.0. The first kappa shape index (κ1) is 48.8. The fourth-order valence-electron chi connectivity index (χ4n) is 3.09. The highest BCUT2D eigenvalue weighted by Gasteiger charge is 2.33. The highest BCUT2D eigenvalue weighted by atomic mass is 35.6. The van der Waals surface area contributed by atoms with Crippen LogP contribution in [0.25, 0.3) is 0 Å². The Balaban J connectivity index is -0.000000394. The summed E-state index contributed by atoms with van der Waals surface area (Å²) in [5, 5.41) is 8.70. The van der Waals surface area contributed by atoms with Crippen molar-refractivity contribution in [1.82, 2.24) is 15.8 Å². The average molecular weight is 695 g/mol. The molecule has 0 aromatic carbocycles. The molecule has 256 valence electrons. The predicted molar refractivity (Wildman–Crippen MR) is 186 cm³/mol. The topological polar surface area (TPSA) is 135 Å². The van der Waals surface area contributed by atoms with Crippen molar-refractivity contribution in [2.24, 2.45) is 16.0 Å². The number of nitrogens with two attached hydrogens (primary N) is 1. The summed E-state index contributed by atoms with van der Waals surface area (Å²) in [6.07, 6.45) is 5.28. The third kappa shape index (κ3) is 25.9. The van der Waals surface area contributed by atoms with Crippen molar-refractivity contribution in [1.29, 1.82) is 0 Å². The van der Waals surface area contributed by atoms with Gasteiger partial charge in [-0.25, -0.2) is 5.43 Å². The zero-order valence-electron chi connectivity index (χ0n) is 28.5. The summed E-state index contributed by atoms with van der Waals surface area (Å²) < 4.78 is 8.40. The Kier molecular flexibility index (Phi) is 33.6. The van der Waals surface area contributed by atoms with E-state index in [9.17, 15) is 14.4 Å². The predicted octanol–water partition coefficient (Wildman–Crippen LogP) is 6.63. The maximum Gasteiger partial charge on any atom is 0.325 e. The summed E-state index contributed by atoms with van der Waals surface area (Å²) in [5.74, 6) is -1.40. The summed E-state index contributed by atoms with van der Waals surface area (Å²) >= 11 is 17.9. The number of hydrazine groups is 1. The molecular weight excluding hydrogens is 637 g/mol. The lowest BCUT2D eigenvalue weighted by molar-refractivity contribution is -0.153. The van der Waals surface area contributed by atoms with Crippen LogP contribution >= 0.6 is 46.8 Å². The molecule has 4 N–H and O–H groups in total. The Bertz CT molecular complexity index is 812. The lowest BCUT2D eigenvalue weighted by Crippen LogP contribution is -2.60. The quantitative estimate of drug-likeness (QED) is 0.106. The van der Waals surface area contributed by atoms with Gasteiger partial charge in [-0.1, -0.05) is 101 Å². The van der Waals surface area contributed by atoms with Gasteiger partial charge in [-0.15, -0.1) is 0 Å². The van der Waals surface area contributed by atoms with Crippen molar-refractivity contribution in [3.8, 4) is 0 Å². The normalized spacial score (nSPS) is 16.3. The van der Waals surface area contributed by atoms with E-state index in [4.69, 9.17) is 49.4 Å². The minimum Gasteiger partial charge on any atom is -0.460 e. The van der Waals surface area contributed by atoms with E-state index in [0.717, 1.165) is 12.1 Å². The van der Waals surface area contributed by atoms with Gasteiger partial charge in [0.05, 0.1) is 0 Å². The molecule has 1 aliphatic heterocycles. The maximum absolute atomic E-state index is 12.6. The van der Waals surface area contributed by atoms with Crippen LogP contribution < -0.4 is 15.9 Å². The zero-order valence-corrected chi connectivity index (χ0v) is 31.6. The van der Waals surface area contributed by atoms with E-state index in [-0.39, 0.29) is 24.3 Å². The Morgan fingerprint density at radius 3 is 2.07 bits per heavy atom. The third-order valence-electron chi connectivity index (χ3n) is 5.26. The second-order valence-corrected chi connectivity index (χ2v) is 12.0. The molecule has 0 saturated carbocycles. The van der Waals surface area contributed by atoms with Crippen LogP contribution in [-0.2, 0) is 23.9 Å². The fraction of sp³-hybridized carbons (Fsp3) is 0.793. The fourth-order valence-corrected chi connectivity index (χ4v) is 3.25. The number of esters is 1. The van der Waals surface area contributed by atoms with Crippen LogP contribution in [0.3, 0.4) is 0 Å². The Morgan fingerprint density at radius 1 is 1.16 bits per heavy atom. The summed E-state index contributed by atoms with van der Waals surface area (Å²) in [5.41, 5.74) is 5.11. The zero-order chi connectivity index (χ0) is 34.8. The smallest absolute Gasteiger partial charge is 0.325 e.